The lowest BCUT2D eigenvalue weighted by Crippen LogP contribution is -2.36. The number of nitrogens with one attached hydrogen (secondary N) is 2. The molecule has 0 fully saturated rings. The summed E-state index contributed by atoms with van der Waals surface area (Å²) < 4.78 is 10.00. The van der Waals surface area contributed by atoms with Crippen LogP contribution in [0.15, 0.2) is 35.7 Å². The highest BCUT2D eigenvalue weighted by Crippen LogP contribution is 2.14. The van der Waals surface area contributed by atoms with E-state index in [1.54, 1.807) is 24.5 Å². The van der Waals surface area contributed by atoms with E-state index in [2.05, 4.69) is 15.6 Å². The van der Waals surface area contributed by atoms with Crippen molar-refractivity contribution in [3.63, 3.8) is 0 Å². The maximum Gasteiger partial charge on any atom is 0.322 e. The molecule has 9 heteroatoms. The number of ether oxygens (including phenoxy) is 2. The minimum Gasteiger partial charge on any atom is -0.383 e. The Labute approximate surface area is 162 Å². The number of urea groups is 1. The molecule has 0 bridgehead atoms. The van der Waals surface area contributed by atoms with Crippen LogP contribution in [0.4, 0.5) is 10.5 Å². The van der Waals surface area contributed by atoms with E-state index in [9.17, 15) is 9.59 Å². The molecule has 1 heterocycles. The zero-order valence-electron chi connectivity index (χ0n) is 15.4. The minimum atomic E-state index is -0.258. The van der Waals surface area contributed by atoms with Crippen molar-refractivity contribution in [2.24, 2.45) is 0 Å². The highest BCUT2D eigenvalue weighted by atomic mass is 32.1. The Kier molecular flexibility index (Phi) is 8.69. The van der Waals surface area contributed by atoms with Gasteiger partial charge in [0.05, 0.1) is 19.8 Å². The number of thiazole rings is 1. The monoisotopic (exact) mass is 392 g/mol. The summed E-state index contributed by atoms with van der Waals surface area (Å²) in [5, 5.41) is 7.93. The first-order chi connectivity index (χ1) is 13.1. The maximum absolute atomic E-state index is 12.6. The van der Waals surface area contributed by atoms with Gasteiger partial charge in [0.1, 0.15) is 10.7 Å². The van der Waals surface area contributed by atoms with Gasteiger partial charge in [0.2, 0.25) is 0 Å². The molecule has 0 aliphatic carbocycles. The molecule has 1 aromatic heterocycles. The molecule has 1 aromatic carbocycles. The summed E-state index contributed by atoms with van der Waals surface area (Å²) in [6.45, 7) is 1.95. The highest BCUT2D eigenvalue weighted by molar-refractivity contribution is 7.09. The number of para-hydroxylation sites is 1. The fourth-order valence-electron chi connectivity index (χ4n) is 2.19. The number of rotatable bonds is 10. The molecule has 0 aliphatic heterocycles. The lowest BCUT2D eigenvalue weighted by atomic mass is 10.3. The van der Waals surface area contributed by atoms with Gasteiger partial charge in [-0.2, -0.15) is 0 Å². The maximum atomic E-state index is 12.6. The first-order valence-electron chi connectivity index (χ1n) is 8.45. The van der Waals surface area contributed by atoms with Crippen molar-refractivity contribution in [3.8, 4) is 0 Å². The molecule has 146 valence electrons. The Morgan fingerprint density at radius 3 is 2.59 bits per heavy atom. The van der Waals surface area contributed by atoms with Gasteiger partial charge in [-0.15, -0.1) is 11.3 Å². The number of amides is 3. The molecule has 0 radical (unpaired) electrons. The second-order valence-corrected chi connectivity index (χ2v) is 6.53. The first-order valence-corrected chi connectivity index (χ1v) is 9.33. The fourth-order valence-corrected chi connectivity index (χ4v) is 2.97. The summed E-state index contributed by atoms with van der Waals surface area (Å²) in [4.78, 5) is 30.5. The number of benzene rings is 1. The molecule has 0 saturated carbocycles. The van der Waals surface area contributed by atoms with Crippen molar-refractivity contribution < 1.29 is 19.1 Å². The fraction of sp³-hybridized carbons (Fsp3) is 0.389. The van der Waals surface area contributed by atoms with Crippen LogP contribution < -0.4 is 10.6 Å². The van der Waals surface area contributed by atoms with Crippen LogP contribution >= 0.6 is 11.3 Å². The van der Waals surface area contributed by atoms with Crippen LogP contribution in [0.1, 0.15) is 15.5 Å². The zero-order chi connectivity index (χ0) is 19.5. The van der Waals surface area contributed by atoms with Crippen LogP contribution in [-0.4, -0.2) is 62.3 Å². The average molecular weight is 392 g/mol. The van der Waals surface area contributed by atoms with Crippen LogP contribution in [0.25, 0.3) is 0 Å². The topological polar surface area (TPSA) is 92.8 Å². The zero-order valence-corrected chi connectivity index (χ0v) is 16.3. The Hall–Kier alpha value is -2.49. The lowest BCUT2D eigenvalue weighted by molar-refractivity contribution is 0.0932. The Morgan fingerprint density at radius 1 is 1.15 bits per heavy atom. The van der Waals surface area contributed by atoms with Crippen LogP contribution in [0.3, 0.4) is 0 Å². The Bertz CT molecular complexity index is 723. The van der Waals surface area contributed by atoms with Crippen LogP contribution in [0.2, 0.25) is 0 Å². The predicted molar refractivity (Wildman–Crippen MR) is 104 cm³/mol. The van der Waals surface area contributed by atoms with Crippen molar-refractivity contribution >= 4 is 29.0 Å². The van der Waals surface area contributed by atoms with E-state index >= 15 is 0 Å². The minimum absolute atomic E-state index is 0.250. The van der Waals surface area contributed by atoms with Gasteiger partial charge < -0.3 is 25.0 Å². The van der Waals surface area contributed by atoms with Crippen LogP contribution in [0, 0.1) is 0 Å². The predicted octanol–water partition coefficient (Wildman–Crippen LogP) is 2.20. The van der Waals surface area contributed by atoms with Crippen molar-refractivity contribution in [2.75, 3.05) is 45.8 Å². The molecule has 0 unspecified atom stereocenters. The smallest absolute Gasteiger partial charge is 0.322 e. The van der Waals surface area contributed by atoms with E-state index in [1.807, 2.05) is 30.3 Å². The number of hydrogen-bond donors (Lipinski definition) is 2. The molecule has 0 atom stereocenters. The van der Waals surface area contributed by atoms with Crippen molar-refractivity contribution in [1.82, 2.24) is 15.2 Å². The van der Waals surface area contributed by atoms with E-state index in [0.29, 0.717) is 42.7 Å². The highest BCUT2D eigenvalue weighted by Gasteiger charge is 2.17. The molecule has 2 aromatic rings. The quantitative estimate of drug-likeness (QED) is 0.605. The number of methoxy groups -OCH3 is 2. The van der Waals surface area contributed by atoms with Gasteiger partial charge >= 0.3 is 6.03 Å². The normalized spacial score (nSPS) is 10.4. The van der Waals surface area contributed by atoms with Gasteiger partial charge in [0.15, 0.2) is 0 Å². The number of aromatic nitrogens is 1. The van der Waals surface area contributed by atoms with E-state index in [1.165, 1.54) is 11.3 Å². The standard InChI is InChI=1S/C18H24N4O4S/c1-25-10-8-19-17(23)15-13-27-16(21-15)12-22(9-11-26-2)18(24)20-14-6-4-3-5-7-14/h3-7,13H,8-12H2,1-2H3,(H,19,23)(H,20,24). The third-order valence-electron chi connectivity index (χ3n) is 3.58. The second kappa shape index (κ2) is 11.3. The van der Waals surface area contributed by atoms with Gasteiger partial charge in [-0.25, -0.2) is 9.78 Å². The number of anilines is 1. The van der Waals surface area contributed by atoms with Gasteiger partial charge in [0, 0.05) is 38.4 Å². The van der Waals surface area contributed by atoms with Crippen molar-refractivity contribution in [2.45, 2.75) is 6.54 Å². The molecule has 0 spiro atoms. The molecular weight excluding hydrogens is 368 g/mol. The summed E-state index contributed by atoms with van der Waals surface area (Å²) in [7, 11) is 3.15. The van der Waals surface area contributed by atoms with Crippen molar-refractivity contribution in [3.05, 3.63) is 46.4 Å². The summed E-state index contributed by atoms with van der Waals surface area (Å²) >= 11 is 1.34. The van der Waals surface area contributed by atoms with Gasteiger partial charge in [-0.1, -0.05) is 18.2 Å². The number of hydrogen-bond acceptors (Lipinski definition) is 6. The van der Waals surface area contributed by atoms with Gasteiger partial charge in [0.25, 0.3) is 5.91 Å². The van der Waals surface area contributed by atoms with E-state index < -0.39 is 0 Å². The summed E-state index contributed by atoms with van der Waals surface area (Å²) in [6.07, 6.45) is 0. The number of carbonyl (C=O) groups excluding carboxylic acids is 2. The van der Waals surface area contributed by atoms with E-state index in [4.69, 9.17) is 9.47 Å². The van der Waals surface area contributed by atoms with E-state index in [-0.39, 0.29) is 18.5 Å². The van der Waals surface area contributed by atoms with E-state index in [0.717, 1.165) is 0 Å². The molecule has 2 rings (SSSR count). The third kappa shape index (κ3) is 6.97. The molecule has 0 saturated heterocycles. The third-order valence-corrected chi connectivity index (χ3v) is 4.41. The lowest BCUT2D eigenvalue weighted by Gasteiger charge is -2.21. The summed E-state index contributed by atoms with van der Waals surface area (Å²) in [5.41, 5.74) is 1.04. The Balaban J connectivity index is 1.98. The van der Waals surface area contributed by atoms with Crippen LogP contribution in [0.5, 0.6) is 0 Å². The van der Waals surface area contributed by atoms with Crippen LogP contribution in [-0.2, 0) is 16.0 Å². The average Bonchev–Trinajstić information content (AvgIpc) is 3.14. The second-order valence-electron chi connectivity index (χ2n) is 5.59. The molecular formula is C18H24N4O4S. The largest absolute Gasteiger partial charge is 0.383 e. The molecule has 3 amide bonds. The molecule has 27 heavy (non-hydrogen) atoms. The van der Waals surface area contributed by atoms with Crippen molar-refractivity contribution in [1.29, 1.82) is 0 Å². The van der Waals surface area contributed by atoms with Gasteiger partial charge in [-0.3, -0.25) is 4.79 Å². The SMILES string of the molecule is COCCNC(=O)c1csc(CN(CCOC)C(=O)Nc2ccccc2)n1. The summed E-state index contributed by atoms with van der Waals surface area (Å²) in [5.74, 6) is -0.258. The first kappa shape index (κ1) is 20.8. The summed E-state index contributed by atoms with van der Waals surface area (Å²) in [6, 6.07) is 8.97. The van der Waals surface area contributed by atoms with Gasteiger partial charge in [-0.05, 0) is 12.1 Å². The molecule has 0 aliphatic rings. The molecule has 2 N–H and O–H groups in total. The number of nitrogens with zero attached hydrogens (tertiary/aromatic N) is 2. The molecule has 8 nitrogen and oxygen atoms in total. The Morgan fingerprint density at radius 2 is 1.89 bits per heavy atom. The number of carbonyl (C=O) groups is 2.